The molecule has 0 amide bonds. The molecule has 2 aromatic rings. The van der Waals surface area contributed by atoms with Gasteiger partial charge in [0.1, 0.15) is 5.01 Å². The van der Waals surface area contributed by atoms with Crippen molar-refractivity contribution in [2.75, 3.05) is 23.7 Å². The topological polar surface area (TPSA) is 51.1 Å². The zero-order valence-corrected chi connectivity index (χ0v) is 14.1. The highest BCUT2D eigenvalue weighted by Crippen LogP contribution is 2.47. The lowest BCUT2D eigenvalue weighted by Crippen LogP contribution is -2.59. The Morgan fingerprint density at radius 3 is 3.05 bits per heavy atom. The second kappa shape index (κ2) is 5.79. The van der Waals surface area contributed by atoms with Gasteiger partial charge in [0.25, 0.3) is 0 Å². The van der Waals surface area contributed by atoms with Gasteiger partial charge in [-0.1, -0.05) is 17.4 Å². The highest BCUT2D eigenvalue weighted by molar-refractivity contribution is 8.01. The van der Waals surface area contributed by atoms with Gasteiger partial charge in [-0.15, -0.1) is 22.0 Å². The number of hydrogen-bond donors (Lipinski definition) is 0. The first-order valence-corrected chi connectivity index (χ1v) is 9.22. The van der Waals surface area contributed by atoms with Crippen molar-refractivity contribution < 1.29 is 4.74 Å². The first-order chi connectivity index (χ1) is 10.7. The third-order valence-electron chi connectivity index (χ3n) is 4.13. The molecule has 0 aromatic carbocycles. The molecule has 0 saturated carbocycles. The molecule has 2 saturated heterocycles. The molecule has 2 aliphatic heterocycles. The number of rotatable bonds is 4. The van der Waals surface area contributed by atoms with Gasteiger partial charge in [-0.05, 0) is 25.0 Å². The third-order valence-corrected chi connectivity index (χ3v) is 6.60. The molecule has 1 atom stereocenters. The maximum absolute atomic E-state index is 6.06. The first-order valence-electron chi connectivity index (χ1n) is 7.42. The van der Waals surface area contributed by atoms with Gasteiger partial charge in [0.2, 0.25) is 5.13 Å². The average molecular weight is 334 g/mol. The van der Waals surface area contributed by atoms with E-state index in [0.717, 1.165) is 41.0 Å². The van der Waals surface area contributed by atoms with Crippen LogP contribution >= 0.6 is 23.1 Å². The Labute approximate surface area is 138 Å². The second-order valence-corrected chi connectivity index (χ2v) is 8.60. The molecule has 2 aromatic heterocycles. The van der Waals surface area contributed by atoms with Gasteiger partial charge in [0, 0.05) is 31.2 Å². The van der Waals surface area contributed by atoms with Crippen LogP contribution in [-0.4, -0.2) is 44.9 Å². The van der Waals surface area contributed by atoms with Crippen LogP contribution in [0.25, 0.3) is 0 Å². The predicted octanol–water partition coefficient (Wildman–Crippen LogP) is 2.52. The van der Waals surface area contributed by atoms with Gasteiger partial charge in [-0.3, -0.25) is 4.98 Å². The minimum absolute atomic E-state index is 0.350. The maximum Gasteiger partial charge on any atom is 0.208 e. The monoisotopic (exact) mass is 334 g/mol. The SMILES string of the molecule is Cc1nnc(N2CC3(C[C@@H](OCc4cccnc4)CS3)C2)s1. The van der Waals surface area contributed by atoms with Crippen molar-refractivity contribution in [2.45, 2.75) is 30.8 Å². The van der Waals surface area contributed by atoms with Crippen molar-refractivity contribution in [1.82, 2.24) is 15.2 Å². The smallest absolute Gasteiger partial charge is 0.208 e. The number of aromatic nitrogens is 3. The number of pyridine rings is 1. The van der Waals surface area contributed by atoms with Crippen molar-refractivity contribution >= 4 is 28.2 Å². The molecule has 7 heteroatoms. The van der Waals surface area contributed by atoms with Crippen LogP contribution in [-0.2, 0) is 11.3 Å². The number of nitrogens with zero attached hydrogens (tertiary/aromatic N) is 4. The Morgan fingerprint density at radius 2 is 2.32 bits per heavy atom. The van der Waals surface area contributed by atoms with Crippen LogP contribution in [0.1, 0.15) is 17.0 Å². The van der Waals surface area contributed by atoms with E-state index in [1.54, 1.807) is 17.5 Å². The molecule has 22 heavy (non-hydrogen) atoms. The van der Waals surface area contributed by atoms with Crippen LogP contribution in [0.4, 0.5) is 5.13 Å². The van der Waals surface area contributed by atoms with Crippen molar-refractivity contribution in [1.29, 1.82) is 0 Å². The van der Waals surface area contributed by atoms with Gasteiger partial charge >= 0.3 is 0 Å². The predicted molar refractivity (Wildman–Crippen MR) is 89.5 cm³/mol. The van der Waals surface area contributed by atoms with E-state index in [9.17, 15) is 0 Å². The van der Waals surface area contributed by atoms with Crippen LogP contribution in [0.2, 0.25) is 0 Å². The number of thioether (sulfide) groups is 1. The van der Waals surface area contributed by atoms with Crippen LogP contribution < -0.4 is 4.90 Å². The minimum Gasteiger partial charge on any atom is -0.373 e. The summed E-state index contributed by atoms with van der Waals surface area (Å²) in [5.74, 6) is 1.09. The zero-order valence-electron chi connectivity index (χ0n) is 12.4. The summed E-state index contributed by atoms with van der Waals surface area (Å²) in [7, 11) is 0. The van der Waals surface area contributed by atoms with Crippen molar-refractivity contribution in [3.05, 3.63) is 35.1 Å². The Morgan fingerprint density at radius 1 is 1.41 bits per heavy atom. The summed E-state index contributed by atoms with van der Waals surface area (Å²) in [5.41, 5.74) is 1.15. The summed E-state index contributed by atoms with van der Waals surface area (Å²) in [4.78, 5) is 6.46. The van der Waals surface area contributed by atoms with E-state index in [1.807, 2.05) is 19.2 Å². The van der Waals surface area contributed by atoms with E-state index in [-0.39, 0.29) is 0 Å². The van der Waals surface area contributed by atoms with Crippen LogP contribution in [0, 0.1) is 6.92 Å². The minimum atomic E-state index is 0.350. The van der Waals surface area contributed by atoms with Crippen LogP contribution in [0.3, 0.4) is 0 Å². The first kappa shape index (κ1) is 14.4. The number of ether oxygens (including phenoxy) is 1. The Bertz CT molecular complexity index is 642. The highest BCUT2D eigenvalue weighted by Gasteiger charge is 2.50. The molecule has 4 rings (SSSR count). The normalized spacial score (nSPS) is 23.0. The summed E-state index contributed by atoms with van der Waals surface area (Å²) < 4.78 is 6.42. The van der Waals surface area contributed by atoms with E-state index in [0.29, 0.717) is 17.5 Å². The standard InChI is InChI=1S/C15H18N4OS2/c1-11-17-18-14(22-11)19-9-15(10-19)5-13(8-21-15)20-7-12-3-2-4-16-6-12/h2-4,6,13H,5,7-10H2,1H3/t13-/m1/s1. The summed E-state index contributed by atoms with van der Waals surface area (Å²) >= 11 is 3.73. The number of anilines is 1. The fourth-order valence-corrected chi connectivity index (χ4v) is 5.26. The molecule has 0 aliphatic carbocycles. The summed E-state index contributed by atoms with van der Waals surface area (Å²) in [6.07, 6.45) is 5.15. The fourth-order valence-electron chi connectivity index (χ4n) is 3.03. The molecular weight excluding hydrogens is 316 g/mol. The second-order valence-electron chi connectivity index (χ2n) is 5.95. The molecule has 0 radical (unpaired) electrons. The lowest BCUT2D eigenvalue weighted by Gasteiger charge is -2.47. The third kappa shape index (κ3) is 2.85. The van der Waals surface area contributed by atoms with Crippen molar-refractivity contribution in [2.24, 2.45) is 0 Å². The van der Waals surface area contributed by atoms with E-state index in [1.165, 1.54) is 0 Å². The lowest BCUT2D eigenvalue weighted by atomic mass is 9.93. The Kier molecular flexibility index (Phi) is 3.79. The molecule has 116 valence electrons. The van der Waals surface area contributed by atoms with Gasteiger partial charge < -0.3 is 9.64 Å². The molecular formula is C15H18N4OS2. The molecule has 5 nitrogen and oxygen atoms in total. The Hall–Kier alpha value is -1.18. The van der Waals surface area contributed by atoms with Gasteiger partial charge in [-0.25, -0.2) is 0 Å². The summed E-state index contributed by atoms with van der Waals surface area (Å²) in [5, 5.41) is 10.4. The van der Waals surface area contributed by atoms with Crippen molar-refractivity contribution in [3.63, 3.8) is 0 Å². The van der Waals surface area contributed by atoms with Gasteiger partial charge in [-0.2, -0.15) is 0 Å². The molecule has 4 heterocycles. The van der Waals surface area contributed by atoms with E-state index in [2.05, 4.69) is 37.9 Å². The molecule has 0 unspecified atom stereocenters. The molecule has 0 N–H and O–H groups in total. The average Bonchev–Trinajstić information content (AvgIpc) is 3.11. The van der Waals surface area contributed by atoms with Crippen LogP contribution in [0.15, 0.2) is 24.5 Å². The number of hydrogen-bond acceptors (Lipinski definition) is 7. The largest absolute Gasteiger partial charge is 0.373 e. The van der Waals surface area contributed by atoms with Crippen LogP contribution in [0.5, 0.6) is 0 Å². The molecule has 0 bridgehead atoms. The summed E-state index contributed by atoms with van der Waals surface area (Å²) in [6, 6.07) is 4.02. The maximum atomic E-state index is 6.06. The summed E-state index contributed by atoms with van der Waals surface area (Å²) in [6.45, 7) is 4.80. The Balaban J connectivity index is 1.28. The quantitative estimate of drug-likeness (QED) is 0.856. The molecule has 1 spiro atoms. The van der Waals surface area contributed by atoms with E-state index < -0.39 is 0 Å². The number of aryl methyl sites for hydroxylation is 1. The molecule has 2 aliphatic rings. The highest BCUT2D eigenvalue weighted by atomic mass is 32.2. The van der Waals surface area contributed by atoms with Gasteiger partial charge in [0.15, 0.2) is 0 Å². The molecule has 2 fully saturated rings. The lowest BCUT2D eigenvalue weighted by molar-refractivity contribution is 0.0476. The zero-order chi connectivity index (χ0) is 15.0. The van der Waals surface area contributed by atoms with Crippen molar-refractivity contribution in [3.8, 4) is 0 Å². The van der Waals surface area contributed by atoms with E-state index >= 15 is 0 Å². The van der Waals surface area contributed by atoms with Gasteiger partial charge in [0.05, 0.1) is 17.5 Å². The fraction of sp³-hybridized carbons (Fsp3) is 0.533. The van der Waals surface area contributed by atoms with E-state index in [4.69, 9.17) is 4.74 Å².